The smallest absolute Gasteiger partial charge is 0.118 e. The third-order valence-electron chi connectivity index (χ3n) is 3.01. The van der Waals surface area contributed by atoms with Crippen LogP contribution in [-0.4, -0.2) is 11.5 Å². The summed E-state index contributed by atoms with van der Waals surface area (Å²) >= 11 is 1.52. The van der Waals surface area contributed by atoms with E-state index < -0.39 is 0 Å². The van der Waals surface area contributed by atoms with Crippen LogP contribution < -0.4 is 4.74 Å². The zero-order chi connectivity index (χ0) is 13.1. The average Bonchev–Trinajstić information content (AvgIpc) is 2.98. The summed E-state index contributed by atoms with van der Waals surface area (Å²) in [5, 5.41) is 0. The summed E-state index contributed by atoms with van der Waals surface area (Å²) in [6, 6.07) is 18.4. The molecule has 1 heterocycles. The van der Waals surface area contributed by atoms with Crippen molar-refractivity contribution in [2.45, 2.75) is 0 Å². The Morgan fingerprint density at radius 3 is 2.32 bits per heavy atom. The maximum atomic E-state index is 5.19. The van der Waals surface area contributed by atoms with Gasteiger partial charge in [0.05, 0.1) is 12.0 Å². The van der Waals surface area contributed by atoms with Crippen molar-refractivity contribution in [2.75, 3.05) is 7.11 Å². The second kappa shape index (κ2) is 5.24. The first kappa shape index (κ1) is 11.9. The van der Waals surface area contributed by atoms with E-state index in [4.69, 9.17) is 4.74 Å². The highest BCUT2D eigenvalue weighted by Gasteiger charge is 2.10. The Morgan fingerprint density at radius 2 is 1.63 bits per heavy atom. The van der Waals surface area contributed by atoms with Gasteiger partial charge in [0.25, 0.3) is 0 Å². The molecule has 0 unspecified atom stereocenters. The predicted molar refractivity (Wildman–Crippen MR) is 79.5 cm³/mol. The monoisotopic (exact) mass is 267 g/mol. The minimum atomic E-state index is 0.870. The van der Waals surface area contributed by atoms with Crippen LogP contribution in [0.2, 0.25) is 0 Å². The fourth-order valence-electron chi connectivity index (χ4n) is 2.01. The molecule has 0 saturated carbocycles. The molecular formula is C16H13NOS. The van der Waals surface area contributed by atoms with Crippen LogP contribution in [0.3, 0.4) is 0 Å². The van der Waals surface area contributed by atoms with Crippen LogP contribution >= 0.6 is 11.5 Å². The highest BCUT2D eigenvalue weighted by atomic mass is 32.1. The van der Waals surface area contributed by atoms with Gasteiger partial charge in [0.2, 0.25) is 0 Å². The molecule has 0 N–H and O–H groups in total. The lowest BCUT2D eigenvalue weighted by Crippen LogP contribution is -1.82. The van der Waals surface area contributed by atoms with Crippen molar-refractivity contribution < 1.29 is 4.74 Å². The van der Waals surface area contributed by atoms with Crippen molar-refractivity contribution in [1.29, 1.82) is 0 Å². The lowest BCUT2D eigenvalue weighted by molar-refractivity contribution is 0.415. The molecule has 94 valence electrons. The van der Waals surface area contributed by atoms with Crippen molar-refractivity contribution in [3.63, 3.8) is 0 Å². The zero-order valence-corrected chi connectivity index (χ0v) is 11.4. The Kier molecular flexibility index (Phi) is 3.29. The summed E-state index contributed by atoms with van der Waals surface area (Å²) in [5.74, 6) is 0.870. The van der Waals surface area contributed by atoms with Crippen molar-refractivity contribution in [3.8, 4) is 27.3 Å². The van der Waals surface area contributed by atoms with Crippen molar-refractivity contribution in [3.05, 3.63) is 60.8 Å². The van der Waals surface area contributed by atoms with E-state index in [1.165, 1.54) is 33.1 Å². The highest BCUT2D eigenvalue weighted by Crippen LogP contribution is 2.35. The quantitative estimate of drug-likeness (QED) is 0.697. The molecule has 0 bridgehead atoms. The van der Waals surface area contributed by atoms with Gasteiger partial charge in [-0.15, -0.1) is 0 Å². The first-order valence-corrected chi connectivity index (χ1v) is 6.80. The summed E-state index contributed by atoms with van der Waals surface area (Å²) in [5.41, 5.74) is 3.54. The molecule has 0 aliphatic rings. The van der Waals surface area contributed by atoms with E-state index in [2.05, 4.69) is 28.6 Å². The first-order chi connectivity index (χ1) is 9.38. The van der Waals surface area contributed by atoms with Gasteiger partial charge in [-0.2, -0.15) is 4.37 Å². The molecule has 0 aliphatic heterocycles. The Bertz CT molecular complexity index is 659. The van der Waals surface area contributed by atoms with Crippen LogP contribution in [0.4, 0.5) is 0 Å². The van der Waals surface area contributed by atoms with Crippen LogP contribution in [0, 0.1) is 0 Å². The van der Waals surface area contributed by atoms with Crippen LogP contribution in [0.15, 0.2) is 60.8 Å². The van der Waals surface area contributed by atoms with Crippen LogP contribution in [0.5, 0.6) is 5.75 Å². The molecular weight excluding hydrogens is 254 g/mol. The Balaban J connectivity index is 2.04. The predicted octanol–water partition coefficient (Wildman–Crippen LogP) is 4.49. The minimum absolute atomic E-state index is 0.870. The van der Waals surface area contributed by atoms with Gasteiger partial charge < -0.3 is 4.74 Å². The molecule has 0 aliphatic carbocycles. The first-order valence-electron chi connectivity index (χ1n) is 6.03. The molecule has 3 heteroatoms. The van der Waals surface area contributed by atoms with E-state index >= 15 is 0 Å². The number of rotatable bonds is 3. The summed E-state index contributed by atoms with van der Waals surface area (Å²) in [6.07, 6.45) is 1.93. The van der Waals surface area contributed by atoms with E-state index in [1.54, 1.807) is 7.11 Å². The molecule has 0 atom stereocenters. The largest absolute Gasteiger partial charge is 0.497 e. The van der Waals surface area contributed by atoms with Gasteiger partial charge >= 0.3 is 0 Å². The summed E-state index contributed by atoms with van der Waals surface area (Å²) in [4.78, 5) is 1.19. The lowest BCUT2D eigenvalue weighted by Gasteiger charge is -2.04. The topological polar surface area (TPSA) is 22.1 Å². The summed E-state index contributed by atoms with van der Waals surface area (Å²) in [7, 11) is 1.68. The zero-order valence-electron chi connectivity index (χ0n) is 10.5. The lowest BCUT2D eigenvalue weighted by atomic mass is 10.0. The number of hydrogen-bond donors (Lipinski definition) is 0. The number of aromatic nitrogens is 1. The molecule has 1 aromatic heterocycles. The number of ether oxygens (including phenoxy) is 1. The SMILES string of the molecule is COc1ccc(-c2sncc2-c2ccccc2)cc1. The molecule has 2 aromatic carbocycles. The van der Waals surface area contributed by atoms with Crippen LogP contribution in [0.25, 0.3) is 21.6 Å². The third kappa shape index (κ3) is 2.37. The number of methoxy groups -OCH3 is 1. The van der Waals surface area contributed by atoms with Crippen LogP contribution in [-0.2, 0) is 0 Å². The molecule has 0 amide bonds. The van der Waals surface area contributed by atoms with E-state index in [9.17, 15) is 0 Å². The maximum absolute atomic E-state index is 5.19. The van der Waals surface area contributed by atoms with Gasteiger partial charge in [-0.3, -0.25) is 0 Å². The molecule has 0 fully saturated rings. The van der Waals surface area contributed by atoms with E-state index in [0.29, 0.717) is 0 Å². The fourth-order valence-corrected chi connectivity index (χ4v) is 2.79. The number of benzene rings is 2. The summed E-state index contributed by atoms with van der Waals surface area (Å²) < 4.78 is 9.52. The second-order valence-corrected chi connectivity index (χ2v) is 4.96. The highest BCUT2D eigenvalue weighted by molar-refractivity contribution is 7.10. The minimum Gasteiger partial charge on any atom is -0.497 e. The van der Waals surface area contributed by atoms with E-state index in [0.717, 1.165) is 5.75 Å². The van der Waals surface area contributed by atoms with Crippen molar-refractivity contribution >= 4 is 11.5 Å². The van der Waals surface area contributed by atoms with Gasteiger partial charge in [0.15, 0.2) is 0 Å². The molecule has 0 saturated heterocycles. The molecule has 19 heavy (non-hydrogen) atoms. The Morgan fingerprint density at radius 1 is 0.895 bits per heavy atom. The molecule has 3 aromatic rings. The van der Waals surface area contributed by atoms with E-state index in [-0.39, 0.29) is 0 Å². The van der Waals surface area contributed by atoms with Gasteiger partial charge in [0.1, 0.15) is 5.75 Å². The van der Waals surface area contributed by atoms with Gasteiger partial charge in [0, 0.05) is 11.8 Å². The Labute approximate surface area is 116 Å². The third-order valence-corrected chi connectivity index (χ3v) is 3.86. The molecule has 3 rings (SSSR count). The maximum Gasteiger partial charge on any atom is 0.118 e. The fraction of sp³-hybridized carbons (Fsp3) is 0.0625. The van der Waals surface area contributed by atoms with Crippen LogP contribution in [0.1, 0.15) is 0 Å². The number of nitrogens with zero attached hydrogens (tertiary/aromatic N) is 1. The normalized spacial score (nSPS) is 10.4. The van der Waals surface area contributed by atoms with Gasteiger partial charge in [-0.1, -0.05) is 30.3 Å². The van der Waals surface area contributed by atoms with Crippen molar-refractivity contribution in [1.82, 2.24) is 4.37 Å². The van der Waals surface area contributed by atoms with E-state index in [1.807, 2.05) is 36.5 Å². The van der Waals surface area contributed by atoms with Gasteiger partial charge in [-0.05, 0) is 46.9 Å². The molecule has 2 nitrogen and oxygen atoms in total. The Hall–Kier alpha value is -2.13. The second-order valence-electron chi connectivity index (χ2n) is 4.16. The summed E-state index contributed by atoms with van der Waals surface area (Å²) in [6.45, 7) is 0. The molecule has 0 radical (unpaired) electrons. The average molecular weight is 267 g/mol. The standard InChI is InChI=1S/C16H13NOS/c1-18-14-9-7-13(8-10-14)16-15(11-17-19-16)12-5-3-2-4-6-12/h2-11H,1H3. The van der Waals surface area contributed by atoms with Gasteiger partial charge in [-0.25, -0.2) is 0 Å². The number of hydrogen-bond acceptors (Lipinski definition) is 3. The molecule has 0 spiro atoms. The van der Waals surface area contributed by atoms with Crippen molar-refractivity contribution in [2.24, 2.45) is 0 Å².